The van der Waals surface area contributed by atoms with Gasteiger partial charge in [0, 0.05) is 46.6 Å². The molecule has 1 fully saturated rings. The highest BCUT2D eigenvalue weighted by molar-refractivity contribution is 6.74. The molecule has 0 bridgehead atoms. The largest absolute Gasteiger partial charge is 0.465 e. The van der Waals surface area contributed by atoms with E-state index in [4.69, 9.17) is 39.2 Å². The van der Waals surface area contributed by atoms with Crippen LogP contribution in [0.3, 0.4) is 0 Å². The van der Waals surface area contributed by atoms with Crippen LogP contribution in [0.25, 0.3) is 32.8 Å². The van der Waals surface area contributed by atoms with E-state index in [9.17, 15) is 14.7 Å². The van der Waals surface area contributed by atoms with Crippen LogP contribution in [-0.2, 0) is 4.43 Å². The lowest BCUT2D eigenvalue weighted by molar-refractivity contribution is 0.0924. The van der Waals surface area contributed by atoms with Gasteiger partial charge in [-0.1, -0.05) is 85.9 Å². The molecule has 46 heavy (non-hydrogen) atoms. The fourth-order valence-corrected chi connectivity index (χ4v) is 7.77. The Morgan fingerprint density at radius 1 is 1.17 bits per heavy atom. The van der Waals surface area contributed by atoms with E-state index in [1.54, 1.807) is 24.3 Å². The number of fused-ring (bicyclic) bond motifs is 2. The molecule has 1 aliphatic rings. The molecule has 2 atom stereocenters. The second kappa shape index (κ2) is 13.3. The van der Waals surface area contributed by atoms with Gasteiger partial charge in [0.25, 0.3) is 0 Å². The zero-order chi connectivity index (χ0) is 33.6. The number of aldehydes is 1. The molecule has 0 spiro atoms. The number of amides is 1. The Morgan fingerprint density at radius 3 is 2.52 bits per heavy atom. The Hall–Kier alpha value is -2.95. The molecular weight excluding hydrogens is 668 g/mol. The zero-order valence-electron chi connectivity index (χ0n) is 26.4. The van der Waals surface area contributed by atoms with E-state index in [2.05, 4.69) is 44.2 Å². The van der Waals surface area contributed by atoms with Gasteiger partial charge in [-0.2, -0.15) is 0 Å². The highest BCUT2D eigenvalue weighted by Gasteiger charge is 2.38. The van der Waals surface area contributed by atoms with Crippen LogP contribution in [0.15, 0.2) is 42.5 Å². The molecule has 1 saturated heterocycles. The molecule has 12 heteroatoms. The van der Waals surface area contributed by atoms with E-state index in [-0.39, 0.29) is 50.5 Å². The number of halogens is 4. The highest BCUT2D eigenvalue weighted by atomic mass is 35.5. The van der Waals surface area contributed by atoms with Crippen LogP contribution in [0.1, 0.15) is 50.4 Å². The van der Waals surface area contributed by atoms with Gasteiger partial charge in [0.05, 0.1) is 16.3 Å². The Balaban J connectivity index is 1.51. The molecule has 0 saturated carbocycles. The molecular formula is C34H37Cl3FN3O4Si. The standard InChI is InChI=1S/C34H37Cl3FN3O4Si/c1-34(2,3)46(4,5)45-15-13-21-16-20(12-14-41(21)33(43)44)39-30-23-17-26(36)28(29(38)31(23)40-32(37)24(30)18-42)22-10-6-8-19-9-7-11-25(35)27(19)22/h6-11,17-18,20-21H,12-16H2,1-5H3,(H,39,40)(H,43,44)/t20-,21+/m0/s1. The van der Waals surface area contributed by atoms with Crippen LogP contribution < -0.4 is 5.32 Å². The molecule has 1 amide bonds. The quantitative estimate of drug-likeness (QED) is 0.108. The van der Waals surface area contributed by atoms with Crippen molar-refractivity contribution in [2.75, 3.05) is 18.5 Å². The lowest BCUT2D eigenvalue weighted by atomic mass is 9.93. The van der Waals surface area contributed by atoms with E-state index in [1.165, 1.54) is 4.90 Å². The summed E-state index contributed by atoms with van der Waals surface area (Å²) in [7, 11) is -2.02. The van der Waals surface area contributed by atoms with Crippen LogP contribution in [0.4, 0.5) is 14.9 Å². The summed E-state index contributed by atoms with van der Waals surface area (Å²) in [4.78, 5) is 30.2. The molecule has 0 radical (unpaired) electrons. The predicted octanol–water partition coefficient (Wildman–Crippen LogP) is 10.3. The summed E-state index contributed by atoms with van der Waals surface area (Å²) in [5, 5.41) is 15.5. The number of nitrogens with one attached hydrogen (secondary N) is 1. The van der Waals surface area contributed by atoms with Crippen molar-refractivity contribution in [1.29, 1.82) is 0 Å². The highest BCUT2D eigenvalue weighted by Crippen LogP contribution is 2.44. The number of piperidine rings is 1. The lowest BCUT2D eigenvalue weighted by Gasteiger charge is -2.40. The van der Waals surface area contributed by atoms with E-state index in [0.29, 0.717) is 59.2 Å². The molecule has 2 heterocycles. The van der Waals surface area contributed by atoms with Crippen LogP contribution in [0, 0.1) is 5.82 Å². The number of rotatable bonds is 8. The fourth-order valence-electron chi connectivity index (χ4n) is 5.91. The van der Waals surface area contributed by atoms with Crippen molar-refractivity contribution < 1.29 is 23.5 Å². The molecule has 7 nitrogen and oxygen atoms in total. The Morgan fingerprint density at radius 2 is 1.87 bits per heavy atom. The lowest BCUT2D eigenvalue weighted by Crippen LogP contribution is -2.50. The summed E-state index contributed by atoms with van der Waals surface area (Å²) < 4.78 is 22.9. The van der Waals surface area contributed by atoms with E-state index in [1.807, 2.05) is 18.2 Å². The summed E-state index contributed by atoms with van der Waals surface area (Å²) >= 11 is 19.9. The first-order valence-electron chi connectivity index (χ1n) is 15.2. The second-order valence-corrected chi connectivity index (χ2v) is 19.3. The molecule has 244 valence electrons. The Kier molecular flexibility index (Phi) is 9.92. The van der Waals surface area contributed by atoms with Crippen LogP contribution in [0.2, 0.25) is 33.3 Å². The number of carboxylic acid groups (broad SMARTS) is 1. The van der Waals surface area contributed by atoms with Crippen molar-refractivity contribution in [1.82, 2.24) is 9.88 Å². The normalized spacial score (nSPS) is 17.5. The maximum absolute atomic E-state index is 16.5. The monoisotopic (exact) mass is 703 g/mol. The van der Waals surface area contributed by atoms with Crippen LogP contribution in [-0.4, -0.2) is 60.9 Å². The molecule has 4 aromatic rings. The molecule has 2 N–H and O–H groups in total. The number of likely N-dealkylation sites (tertiary alicyclic amines) is 1. The third-order valence-corrected chi connectivity index (χ3v) is 14.9. The number of aromatic nitrogens is 1. The van der Waals surface area contributed by atoms with Gasteiger partial charge in [0.2, 0.25) is 0 Å². The average Bonchev–Trinajstić information content (AvgIpc) is 2.97. The van der Waals surface area contributed by atoms with Crippen molar-refractivity contribution >= 4 is 82.9 Å². The SMILES string of the molecule is CC(C)(C)[Si](C)(C)OCC[C@@H]1C[C@@H](Nc2c(C=O)c(Cl)nc3c(F)c(-c4cccc5cccc(Cl)c45)c(Cl)cc23)CCN1C(=O)O. The van der Waals surface area contributed by atoms with Crippen molar-refractivity contribution in [2.45, 2.75) is 70.2 Å². The summed E-state index contributed by atoms with van der Waals surface area (Å²) in [6, 6.07) is 11.9. The predicted molar refractivity (Wildman–Crippen MR) is 188 cm³/mol. The summed E-state index contributed by atoms with van der Waals surface area (Å²) in [6.45, 7) is 11.5. The topological polar surface area (TPSA) is 91.8 Å². The van der Waals surface area contributed by atoms with Gasteiger partial charge in [0.1, 0.15) is 10.7 Å². The zero-order valence-corrected chi connectivity index (χ0v) is 29.7. The Labute approximate surface area is 284 Å². The number of anilines is 1. The summed E-state index contributed by atoms with van der Waals surface area (Å²) in [5.41, 5.74) is 0.951. The van der Waals surface area contributed by atoms with Crippen LogP contribution >= 0.6 is 34.8 Å². The van der Waals surface area contributed by atoms with Crippen molar-refractivity contribution in [3.8, 4) is 11.1 Å². The van der Waals surface area contributed by atoms with Crippen molar-refractivity contribution in [3.63, 3.8) is 0 Å². The van der Waals surface area contributed by atoms with Gasteiger partial charge < -0.3 is 19.7 Å². The maximum atomic E-state index is 16.5. The number of nitrogens with zero attached hydrogens (tertiary/aromatic N) is 2. The number of pyridine rings is 1. The number of carbonyl (C=O) groups is 2. The average molecular weight is 705 g/mol. The minimum absolute atomic E-state index is 0.0271. The molecule has 3 aromatic carbocycles. The molecule has 0 aliphatic carbocycles. The van der Waals surface area contributed by atoms with Gasteiger partial charge in [-0.25, -0.2) is 14.2 Å². The van der Waals surface area contributed by atoms with Gasteiger partial charge in [-0.05, 0) is 60.5 Å². The number of carbonyl (C=O) groups excluding carboxylic acids is 1. The van der Waals surface area contributed by atoms with Crippen molar-refractivity contribution in [2.24, 2.45) is 0 Å². The second-order valence-electron chi connectivity index (χ2n) is 13.3. The van der Waals surface area contributed by atoms with Gasteiger partial charge in [0.15, 0.2) is 20.4 Å². The Bertz CT molecular complexity index is 1830. The number of benzene rings is 3. The molecule has 1 aromatic heterocycles. The summed E-state index contributed by atoms with van der Waals surface area (Å²) in [6.07, 6.45) is 1.03. The van der Waals surface area contributed by atoms with E-state index >= 15 is 4.39 Å². The van der Waals surface area contributed by atoms with Gasteiger partial charge in [-0.15, -0.1) is 0 Å². The number of hydrogen-bond acceptors (Lipinski definition) is 5. The van der Waals surface area contributed by atoms with Gasteiger partial charge in [-0.3, -0.25) is 4.79 Å². The van der Waals surface area contributed by atoms with E-state index < -0.39 is 20.2 Å². The molecule has 5 rings (SSSR count). The first kappa shape index (κ1) is 34.4. The smallest absolute Gasteiger partial charge is 0.407 e. The first-order valence-corrected chi connectivity index (χ1v) is 19.2. The third-order valence-electron chi connectivity index (χ3n) is 9.43. The van der Waals surface area contributed by atoms with Gasteiger partial charge >= 0.3 is 6.09 Å². The minimum atomic E-state index is -2.02. The van der Waals surface area contributed by atoms with Crippen molar-refractivity contribution in [3.05, 3.63) is 69.0 Å². The first-order chi connectivity index (χ1) is 21.6. The maximum Gasteiger partial charge on any atom is 0.407 e. The molecule has 1 aliphatic heterocycles. The third kappa shape index (κ3) is 6.58. The number of hydrogen-bond donors (Lipinski definition) is 2. The minimum Gasteiger partial charge on any atom is -0.465 e. The summed E-state index contributed by atoms with van der Waals surface area (Å²) in [5.74, 6) is -0.696. The van der Waals surface area contributed by atoms with E-state index in [0.717, 1.165) is 5.39 Å². The van der Waals surface area contributed by atoms with Crippen LogP contribution in [0.5, 0.6) is 0 Å². The molecule has 0 unspecified atom stereocenters. The fraction of sp³-hybridized carbons (Fsp3) is 0.382.